The third-order valence-corrected chi connectivity index (χ3v) is 2.59. The Bertz CT molecular complexity index is 701. The molecule has 0 fully saturated rings. The van der Waals surface area contributed by atoms with Gasteiger partial charge in [-0.3, -0.25) is 25.7 Å². The Balaban J connectivity index is 2.28. The maximum absolute atomic E-state index is 11.0. The maximum atomic E-state index is 11.0. The van der Waals surface area contributed by atoms with E-state index in [4.69, 9.17) is 0 Å². The fourth-order valence-corrected chi connectivity index (χ4v) is 1.68. The van der Waals surface area contributed by atoms with Gasteiger partial charge in [-0.25, -0.2) is 0 Å². The molecule has 0 amide bonds. The van der Waals surface area contributed by atoms with Crippen molar-refractivity contribution >= 4 is 23.3 Å². The molecule has 0 radical (unpaired) electrons. The Morgan fingerprint density at radius 3 is 2.29 bits per heavy atom. The molecular formula is C13H10N4O4. The second-order valence-electron chi connectivity index (χ2n) is 3.97. The third-order valence-electron chi connectivity index (χ3n) is 2.59. The molecule has 0 spiro atoms. The minimum absolute atomic E-state index is 0.0404. The van der Waals surface area contributed by atoms with Crippen LogP contribution in [0, 0.1) is 20.2 Å². The molecule has 0 aliphatic heterocycles. The van der Waals surface area contributed by atoms with Crippen LogP contribution in [0.2, 0.25) is 0 Å². The van der Waals surface area contributed by atoms with Gasteiger partial charge < -0.3 is 0 Å². The summed E-state index contributed by atoms with van der Waals surface area (Å²) in [4.78, 5) is 20.2. The Labute approximate surface area is 119 Å². The summed E-state index contributed by atoms with van der Waals surface area (Å²) in [5, 5.41) is 25.7. The molecular weight excluding hydrogens is 276 g/mol. The van der Waals surface area contributed by atoms with Gasteiger partial charge in [-0.15, -0.1) is 0 Å². The van der Waals surface area contributed by atoms with Crippen molar-refractivity contribution in [3.8, 4) is 0 Å². The summed E-state index contributed by atoms with van der Waals surface area (Å²) in [6.07, 6.45) is 1.46. The van der Waals surface area contributed by atoms with E-state index in [1.54, 1.807) is 12.1 Å². The van der Waals surface area contributed by atoms with E-state index in [0.29, 0.717) is 0 Å². The minimum atomic E-state index is -0.807. The lowest BCUT2D eigenvalue weighted by Gasteiger charge is -2.02. The first-order chi connectivity index (χ1) is 10.1. The first kappa shape index (κ1) is 14.1. The van der Waals surface area contributed by atoms with E-state index < -0.39 is 21.2 Å². The van der Waals surface area contributed by atoms with Gasteiger partial charge in [0.05, 0.1) is 16.1 Å². The van der Waals surface area contributed by atoms with Gasteiger partial charge in [0.1, 0.15) is 5.69 Å². The lowest BCUT2D eigenvalue weighted by molar-refractivity contribution is -0.421. The standard InChI is InChI=1S/C13H10N4O4/c18-16(19)12-8-4-7-11(13(12)17(20)21)15-14-9-10-5-2-1-3-6-10/h1-9,15H. The summed E-state index contributed by atoms with van der Waals surface area (Å²) >= 11 is 0. The molecule has 0 atom stereocenters. The highest BCUT2D eigenvalue weighted by Crippen LogP contribution is 2.34. The van der Waals surface area contributed by atoms with Gasteiger partial charge in [0.25, 0.3) is 0 Å². The van der Waals surface area contributed by atoms with Crippen molar-refractivity contribution in [2.75, 3.05) is 5.43 Å². The van der Waals surface area contributed by atoms with E-state index in [9.17, 15) is 20.2 Å². The summed E-state index contributed by atoms with van der Waals surface area (Å²) in [6, 6.07) is 12.9. The van der Waals surface area contributed by atoms with Crippen molar-refractivity contribution in [2.24, 2.45) is 5.10 Å². The fourth-order valence-electron chi connectivity index (χ4n) is 1.68. The predicted molar refractivity (Wildman–Crippen MR) is 77.4 cm³/mol. The van der Waals surface area contributed by atoms with Gasteiger partial charge in [-0.2, -0.15) is 5.10 Å². The normalized spacial score (nSPS) is 10.5. The Kier molecular flexibility index (Phi) is 4.20. The van der Waals surface area contributed by atoms with Crippen LogP contribution >= 0.6 is 0 Å². The molecule has 0 saturated heterocycles. The molecule has 0 bridgehead atoms. The molecule has 0 aliphatic rings. The first-order valence-corrected chi connectivity index (χ1v) is 5.85. The zero-order valence-corrected chi connectivity index (χ0v) is 10.7. The van der Waals surface area contributed by atoms with Crippen molar-refractivity contribution in [1.82, 2.24) is 0 Å². The molecule has 2 rings (SSSR count). The Morgan fingerprint density at radius 1 is 0.952 bits per heavy atom. The third kappa shape index (κ3) is 3.38. The summed E-state index contributed by atoms with van der Waals surface area (Å²) in [6.45, 7) is 0. The summed E-state index contributed by atoms with van der Waals surface area (Å²) < 4.78 is 0. The monoisotopic (exact) mass is 286 g/mol. The number of nitrogens with zero attached hydrogens (tertiary/aromatic N) is 3. The van der Waals surface area contributed by atoms with Crippen molar-refractivity contribution in [1.29, 1.82) is 0 Å². The lowest BCUT2D eigenvalue weighted by Crippen LogP contribution is -2.01. The molecule has 2 aromatic carbocycles. The average Bonchev–Trinajstić information content (AvgIpc) is 2.47. The predicted octanol–water partition coefficient (Wildman–Crippen LogP) is 2.95. The van der Waals surface area contributed by atoms with Crippen LogP contribution in [-0.2, 0) is 0 Å². The van der Waals surface area contributed by atoms with E-state index in [1.165, 1.54) is 18.3 Å². The Morgan fingerprint density at radius 2 is 1.67 bits per heavy atom. The molecule has 106 valence electrons. The number of anilines is 1. The number of hydrazone groups is 1. The number of nitro groups is 2. The van der Waals surface area contributed by atoms with Crippen molar-refractivity contribution in [3.05, 3.63) is 74.3 Å². The molecule has 8 nitrogen and oxygen atoms in total. The van der Waals surface area contributed by atoms with Crippen LogP contribution in [0.5, 0.6) is 0 Å². The number of nitrogens with one attached hydrogen (secondary N) is 1. The SMILES string of the molecule is O=[N+]([O-])c1cccc(NN=Cc2ccccc2)c1[N+](=O)[O-]. The quantitative estimate of drug-likeness (QED) is 0.516. The van der Waals surface area contributed by atoms with Gasteiger partial charge >= 0.3 is 11.4 Å². The van der Waals surface area contributed by atoms with Crippen LogP contribution in [0.4, 0.5) is 17.1 Å². The molecule has 21 heavy (non-hydrogen) atoms. The van der Waals surface area contributed by atoms with Crippen LogP contribution in [0.1, 0.15) is 5.56 Å². The average molecular weight is 286 g/mol. The highest BCUT2D eigenvalue weighted by Gasteiger charge is 2.27. The van der Waals surface area contributed by atoms with Crippen LogP contribution in [0.3, 0.4) is 0 Å². The van der Waals surface area contributed by atoms with E-state index in [2.05, 4.69) is 10.5 Å². The molecule has 0 aliphatic carbocycles. The molecule has 0 saturated carbocycles. The second kappa shape index (κ2) is 6.24. The van der Waals surface area contributed by atoms with E-state index in [-0.39, 0.29) is 5.69 Å². The lowest BCUT2D eigenvalue weighted by atomic mass is 10.2. The highest BCUT2D eigenvalue weighted by atomic mass is 16.6. The number of rotatable bonds is 5. The van der Waals surface area contributed by atoms with Gasteiger partial charge in [0.2, 0.25) is 0 Å². The van der Waals surface area contributed by atoms with Crippen molar-refractivity contribution < 1.29 is 9.85 Å². The van der Waals surface area contributed by atoms with Crippen LogP contribution in [0.25, 0.3) is 0 Å². The van der Waals surface area contributed by atoms with Gasteiger partial charge in [-0.05, 0) is 11.6 Å². The summed E-state index contributed by atoms with van der Waals surface area (Å²) in [5.41, 5.74) is 2.01. The molecule has 0 heterocycles. The highest BCUT2D eigenvalue weighted by molar-refractivity contribution is 5.81. The van der Waals surface area contributed by atoms with Crippen LogP contribution < -0.4 is 5.43 Å². The molecule has 0 aromatic heterocycles. The van der Waals surface area contributed by atoms with Crippen molar-refractivity contribution in [3.63, 3.8) is 0 Å². The zero-order chi connectivity index (χ0) is 15.2. The van der Waals surface area contributed by atoms with Gasteiger partial charge in [0.15, 0.2) is 0 Å². The second-order valence-corrected chi connectivity index (χ2v) is 3.97. The van der Waals surface area contributed by atoms with Crippen molar-refractivity contribution in [2.45, 2.75) is 0 Å². The summed E-state index contributed by atoms with van der Waals surface area (Å²) in [7, 11) is 0. The van der Waals surface area contributed by atoms with Crippen LogP contribution in [0.15, 0.2) is 53.6 Å². The number of para-hydroxylation sites is 1. The van der Waals surface area contributed by atoms with E-state index in [1.807, 2.05) is 18.2 Å². The minimum Gasteiger partial charge on any atom is -0.271 e. The fraction of sp³-hybridized carbons (Fsp3) is 0. The van der Waals surface area contributed by atoms with E-state index in [0.717, 1.165) is 11.6 Å². The number of hydrogen-bond acceptors (Lipinski definition) is 6. The molecule has 1 N–H and O–H groups in total. The van der Waals surface area contributed by atoms with Gasteiger partial charge in [0, 0.05) is 6.07 Å². The number of hydrogen-bond donors (Lipinski definition) is 1. The van der Waals surface area contributed by atoms with E-state index >= 15 is 0 Å². The topological polar surface area (TPSA) is 111 Å². The smallest absolute Gasteiger partial charge is 0.271 e. The molecule has 0 unspecified atom stereocenters. The first-order valence-electron chi connectivity index (χ1n) is 5.85. The van der Waals surface area contributed by atoms with Crippen LogP contribution in [-0.4, -0.2) is 16.1 Å². The van der Waals surface area contributed by atoms with Gasteiger partial charge in [-0.1, -0.05) is 36.4 Å². The number of nitro benzene ring substituents is 2. The number of benzene rings is 2. The maximum Gasteiger partial charge on any atom is 0.370 e. The largest absolute Gasteiger partial charge is 0.370 e. The molecule has 2 aromatic rings. The Hall–Kier alpha value is -3.29. The summed E-state index contributed by atoms with van der Waals surface area (Å²) in [5.74, 6) is 0. The molecule has 8 heteroatoms. The zero-order valence-electron chi connectivity index (χ0n) is 10.7.